The van der Waals surface area contributed by atoms with E-state index >= 15 is 0 Å². The average Bonchev–Trinajstić information content (AvgIpc) is 3.83. The largest absolute Gasteiger partial charge is 0.493 e. The van der Waals surface area contributed by atoms with E-state index in [4.69, 9.17) is 13.9 Å². The van der Waals surface area contributed by atoms with Crippen molar-refractivity contribution in [3.8, 4) is 11.5 Å². The van der Waals surface area contributed by atoms with E-state index in [0.29, 0.717) is 17.9 Å². The van der Waals surface area contributed by atoms with Crippen molar-refractivity contribution in [2.45, 2.75) is 57.7 Å². The fourth-order valence-electron chi connectivity index (χ4n) is 6.58. The van der Waals surface area contributed by atoms with Gasteiger partial charge in [0.1, 0.15) is 6.04 Å². The van der Waals surface area contributed by atoms with Crippen LogP contribution in [0.3, 0.4) is 0 Å². The summed E-state index contributed by atoms with van der Waals surface area (Å²) in [5.74, 6) is 0.927. The first-order valence-corrected chi connectivity index (χ1v) is 15.4. The van der Waals surface area contributed by atoms with E-state index in [9.17, 15) is 9.59 Å². The van der Waals surface area contributed by atoms with Crippen LogP contribution in [0.1, 0.15) is 60.3 Å². The number of aromatic nitrogens is 1. The molecule has 1 fully saturated rings. The zero-order valence-corrected chi connectivity index (χ0v) is 25.5. The summed E-state index contributed by atoms with van der Waals surface area (Å²) < 4.78 is 18.8. The summed E-state index contributed by atoms with van der Waals surface area (Å²) in [6.07, 6.45) is 6.05. The molecule has 1 aliphatic rings. The quantitative estimate of drug-likeness (QED) is 0.180. The number of para-hydroxylation sites is 1. The van der Waals surface area contributed by atoms with E-state index in [-0.39, 0.29) is 30.2 Å². The molecular weight excluding hydrogens is 554 g/mol. The number of methoxy groups -OCH3 is 2. The van der Waals surface area contributed by atoms with Crippen molar-refractivity contribution in [3.63, 3.8) is 0 Å². The number of nitrogens with zero attached hydrogens (tertiary/aromatic N) is 2. The molecule has 0 bridgehead atoms. The Bertz CT molecular complexity index is 1770. The number of hydrogen-bond donors (Lipinski definition) is 1. The molecule has 0 saturated heterocycles. The van der Waals surface area contributed by atoms with Crippen LogP contribution in [-0.4, -0.2) is 48.1 Å². The number of fused-ring (bicyclic) bond motifs is 3. The van der Waals surface area contributed by atoms with Gasteiger partial charge in [-0.05, 0) is 79.8 Å². The van der Waals surface area contributed by atoms with Crippen LogP contribution in [0.25, 0.3) is 21.8 Å². The SMILES string of the molecule is CCn1c2ccccc2c2cc(C(C(=O)NC3CCCC3)N(CCc3ccc(OC)c(OC)c3)C(=O)c3ccco3)ccc21. The predicted octanol–water partition coefficient (Wildman–Crippen LogP) is 6.91. The molecule has 0 spiro atoms. The fraction of sp³-hybridized carbons (Fsp3) is 0.333. The molecule has 8 heteroatoms. The summed E-state index contributed by atoms with van der Waals surface area (Å²) in [6.45, 7) is 3.24. The molecule has 44 heavy (non-hydrogen) atoms. The maximum atomic E-state index is 14.3. The predicted molar refractivity (Wildman–Crippen MR) is 171 cm³/mol. The number of ether oxygens (including phenoxy) is 2. The van der Waals surface area contributed by atoms with Crippen molar-refractivity contribution in [1.82, 2.24) is 14.8 Å². The van der Waals surface area contributed by atoms with Gasteiger partial charge in [-0.25, -0.2) is 0 Å². The highest BCUT2D eigenvalue weighted by Crippen LogP contribution is 2.34. The Balaban J connectivity index is 1.44. The van der Waals surface area contributed by atoms with Crippen LogP contribution in [0.5, 0.6) is 11.5 Å². The second-order valence-electron chi connectivity index (χ2n) is 11.3. The van der Waals surface area contributed by atoms with Gasteiger partial charge in [-0.15, -0.1) is 0 Å². The van der Waals surface area contributed by atoms with E-state index in [1.807, 2.05) is 36.4 Å². The third-order valence-electron chi connectivity index (χ3n) is 8.77. The first kappa shape index (κ1) is 29.4. The summed E-state index contributed by atoms with van der Waals surface area (Å²) >= 11 is 0. The topological polar surface area (TPSA) is 85.9 Å². The van der Waals surface area contributed by atoms with Gasteiger partial charge in [0.15, 0.2) is 17.3 Å². The van der Waals surface area contributed by atoms with Crippen LogP contribution in [0.15, 0.2) is 83.5 Å². The summed E-state index contributed by atoms with van der Waals surface area (Å²) in [6, 6.07) is 22.8. The van der Waals surface area contributed by atoms with Crippen molar-refractivity contribution in [2.24, 2.45) is 0 Å². The molecule has 1 saturated carbocycles. The first-order chi connectivity index (χ1) is 21.5. The molecule has 1 unspecified atom stereocenters. The Morgan fingerprint density at radius 1 is 0.932 bits per heavy atom. The molecule has 6 rings (SSSR count). The van der Waals surface area contributed by atoms with Gasteiger partial charge in [-0.3, -0.25) is 9.59 Å². The molecule has 3 aromatic carbocycles. The molecule has 1 N–H and O–H groups in total. The molecular formula is C36H39N3O5. The normalized spacial score (nSPS) is 14.2. The molecule has 1 aliphatic carbocycles. The van der Waals surface area contributed by atoms with Crippen LogP contribution in [-0.2, 0) is 17.8 Å². The van der Waals surface area contributed by atoms with Gasteiger partial charge in [0.05, 0.1) is 20.5 Å². The van der Waals surface area contributed by atoms with Crippen molar-refractivity contribution in [3.05, 3.63) is 95.9 Å². The monoisotopic (exact) mass is 593 g/mol. The summed E-state index contributed by atoms with van der Waals surface area (Å²) in [4.78, 5) is 30.1. The number of furan rings is 1. The second kappa shape index (κ2) is 12.9. The number of benzene rings is 3. The van der Waals surface area contributed by atoms with E-state index < -0.39 is 6.04 Å². The first-order valence-electron chi connectivity index (χ1n) is 15.4. The van der Waals surface area contributed by atoms with E-state index in [1.165, 1.54) is 6.26 Å². The van der Waals surface area contributed by atoms with Crippen LogP contribution in [0.2, 0.25) is 0 Å². The Morgan fingerprint density at radius 2 is 1.70 bits per heavy atom. The second-order valence-corrected chi connectivity index (χ2v) is 11.3. The van der Waals surface area contributed by atoms with Gasteiger partial charge in [-0.2, -0.15) is 0 Å². The number of amides is 2. The lowest BCUT2D eigenvalue weighted by atomic mass is 9.99. The molecule has 2 heterocycles. The maximum absolute atomic E-state index is 14.3. The minimum atomic E-state index is -0.860. The van der Waals surface area contributed by atoms with E-state index in [0.717, 1.165) is 65.2 Å². The van der Waals surface area contributed by atoms with E-state index in [1.54, 1.807) is 31.3 Å². The molecule has 8 nitrogen and oxygen atoms in total. The highest BCUT2D eigenvalue weighted by atomic mass is 16.5. The number of aryl methyl sites for hydroxylation is 1. The van der Waals surface area contributed by atoms with Gasteiger partial charge in [0, 0.05) is 40.9 Å². The number of rotatable bonds is 11. The van der Waals surface area contributed by atoms with Gasteiger partial charge < -0.3 is 28.7 Å². The van der Waals surface area contributed by atoms with Crippen LogP contribution in [0, 0.1) is 0 Å². The molecule has 2 amide bonds. The Hall–Kier alpha value is -4.72. The minimum absolute atomic E-state index is 0.0992. The minimum Gasteiger partial charge on any atom is -0.493 e. The van der Waals surface area contributed by atoms with Gasteiger partial charge in [0.2, 0.25) is 5.91 Å². The molecule has 1 atom stereocenters. The van der Waals surface area contributed by atoms with Gasteiger partial charge in [0.25, 0.3) is 5.91 Å². The number of nitrogens with one attached hydrogen (secondary N) is 1. The van der Waals surface area contributed by atoms with Gasteiger partial charge >= 0.3 is 0 Å². The zero-order valence-electron chi connectivity index (χ0n) is 25.5. The third kappa shape index (κ3) is 5.64. The summed E-state index contributed by atoms with van der Waals surface area (Å²) in [5.41, 5.74) is 3.96. The lowest BCUT2D eigenvalue weighted by Gasteiger charge is -2.32. The molecule has 0 aliphatic heterocycles. The smallest absolute Gasteiger partial charge is 0.290 e. The van der Waals surface area contributed by atoms with Crippen LogP contribution >= 0.6 is 0 Å². The third-order valence-corrected chi connectivity index (χ3v) is 8.77. The van der Waals surface area contributed by atoms with E-state index in [2.05, 4.69) is 41.1 Å². The number of carbonyl (C=O) groups is 2. The number of carbonyl (C=O) groups excluding carboxylic acids is 2. The average molecular weight is 594 g/mol. The highest BCUT2D eigenvalue weighted by molar-refractivity contribution is 6.08. The standard InChI is InChI=1S/C36H39N3O5/c1-4-38-29-13-8-7-12-27(29)28-23-25(16-17-30(28)38)34(35(40)37-26-10-5-6-11-26)39(36(41)32-14-9-21-44-32)20-19-24-15-18-31(42-2)33(22-24)43-3/h7-9,12-18,21-23,26,34H,4-6,10-11,19-20H2,1-3H3,(H,37,40). The zero-order chi connectivity index (χ0) is 30.6. The van der Waals surface area contributed by atoms with Crippen molar-refractivity contribution < 1.29 is 23.5 Å². The van der Waals surface area contributed by atoms with Gasteiger partial charge in [-0.1, -0.05) is 43.2 Å². The molecule has 0 radical (unpaired) electrons. The molecule has 228 valence electrons. The van der Waals surface area contributed by atoms with Crippen molar-refractivity contribution >= 4 is 33.6 Å². The lowest BCUT2D eigenvalue weighted by Crippen LogP contribution is -2.46. The number of hydrogen-bond acceptors (Lipinski definition) is 5. The molecule has 5 aromatic rings. The van der Waals surface area contributed by atoms with Crippen LogP contribution in [0.4, 0.5) is 0 Å². The summed E-state index contributed by atoms with van der Waals surface area (Å²) in [7, 11) is 3.20. The van der Waals surface area contributed by atoms with Crippen LogP contribution < -0.4 is 14.8 Å². The highest BCUT2D eigenvalue weighted by Gasteiger charge is 2.35. The Labute approximate surface area is 257 Å². The summed E-state index contributed by atoms with van der Waals surface area (Å²) in [5, 5.41) is 5.47. The van der Waals surface area contributed by atoms with Crippen molar-refractivity contribution in [2.75, 3.05) is 20.8 Å². The Kier molecular flexibility index (Phi) is 8.59. The lowest BCUT2D eigenvalue weighted by molar-refractivity contribution is -0.126. The Morgan fingerprint density at radius 3 is 2.43 bits per heavy atom. The maximum Gasteiger partial charge on any atom is 0.290 e. The molecule has 2 aromatic heterocycles. The fourth-order valence-corrected chi connectivity index (χ4v) is 6.58. The van der Waals surface area contributed by atoms with Crippen molar-refractivity contribution in [1.29, 1.82) is 0 Å².